The van der Waals surface area contributed by atoms with Gasteiger partial charge in [-0.1, -0.05) is 35.9 Å². The number of aliphatic carboxylic acids is 1. The van der Waals surface area contributed by atoms with Gasteiger partial charge in [0, 0.05) is 10.4 Å². The summed E-state index contributed by atoms with van der Waals surface area (Å²) in [6.45, 7) is 0. The van der Waals surface area contributed by atoms with Crippen LogP contribution in [-0.4, -0.2) is 11.1 Å². The highest BCUT2D eigenvalue weighted by molar-refractivity contribution is 6.35. The second-order valence-corrected chi connectivity index (χ2v) is 4.97. The van der Waals surface area contributed by atoms with Gasteiger partial charge in [-0.15, -0.1) is 0 Å². The zero-order valence-corrected chi connectivity index (χ0v) is 9.87. The van der Waals surface area contributed by atoms with E-state index >= 15 is 0 Å². The molecular weight excluding hydrogens is 236 g/mol. The first-order valence-corrected chi connectivity index (χ1v) is 5.93. The number of rotatable bonds is 2. The van der Waals surface area contributed by atoms with Crippen molar-refractivity contribution in [3.8, 4) is 0 Å². The largest absolute Gasteiger partial charge is 0.481 e. The summed E-state index contributed by atoms with van der Waals surface area (Å²) in [5.41, 5.74) is 0.246. The number of carboxylic acid groups (broad SMARTS) is 1. The Morgan fingerprint density at radius 2 is 2.00 bits per heavy atom. The maximum atomic E-state index is 11.3. The second kappa shape index (κ2) is 3.47. The third-order valence-electron chi connectivity index (χ3n) is 3.54. The molecule has 0 unspecified atom stereocenters. The number of benzene rings is 2. The zero-order chi connectivity index (χ0) is 12.0. The topological polar surface area (TPSA) is 37.3 Å². The van der Waals surface area contributed by atoms with Gasteiger partial charge >= 0.3 is 5.97 Å². The fourth-order valence-electron chi connectivity index (χ4n) is 2.29. The molecule has 2 aromatic carbocycles. The molecule has 1 aliphatic rings. The third kappa shape index (κ3) is 1.52. The zero-order valence-electron chi connectivity index (χ0n) is 9.11. The molecule has 17 heavy (non-hydrogen) atoms. The van der Waals surface area contributed by atoms with Crippen molar-refractivity contribution in [2.24, 2.45) is 0 Å². The number of hydrogen-bond acceptors (Lipinski definition) is 1. The molecule has 1 saturated carbocycles. The summed E-state index contributed by atoms with van der Waals surface area (Å²) in [6.07, 6.45) is 1.46. The van der Waals surface area contributed by atoms with E-state index in [2.05, 4.69) is 0 Å². The van der Waals surface area contributed by atoms with Gasteiger partial charge in [0.15, 0.2) is 0 Å². The van der Waals surface area contributed by atoms with Crippen LogP contribution in [0, 0.1) is 0 Å². The predicted octanol–water partition coefficient (Wildman–Crippen LogP) is 3.61. The van der Waals surface area contributed by atoms with Gasteiger partial charge in [0.25, 0.3) is 0 Å². The average molecular weight is 247 g/mol. The van der Waals surface area contributed by atoms with E-state index in [4.69, 9.17) is 11.6 Å². The first-order chi connectivity index (χ1) is 8.13. The van der Waals surface area contributed by atoms with E-state index in [9.17, 15) is 9.90 Å². The Morgan fingerprint density at radius 1 is 1.24 bits per heavy atom. The van der Waals surface area contributed by atoms with E-state index < -0.39 is 11.4 Å². The van der Waals surface area contributed by atoms with Crippen molar-refractivity contribution in [2.75, 3.05) is 0 Å². The average Bonchev–Trinajstić information content (AvgIpc) is 3.10. The molecule has 3 rings (SSSR count). The monoisotopic (exact) mass is 246 g/mol. The highest BCUT2D eigenvalue weighted by Gasteiger charge is 2.51. The Balaban J connectivity index is 2.18. The van der Waals surface area contributed by atoms with Crippen LogP contribution in [-0.2, 0) is 10.2 Å². The van der Waals surface area contributed by atoms with Crippen LogP contribution in [0.5, 0.6) is 0 Å². The first-order valence-electron chi connectivity index (χ1n) is 5.56. The van der Waals surface area contributed by atoms with Crippen molar-refractivity contribution >= 4 is 28.3 Å². The Kier molecular flexibility index (Phi) is 2.17. The maximum Gasteiger partial charge on any atom is 0.314 e. The molecule has 3 heteroatoms. The predicted molar refractivity (Wildman–Crippen MR) is 67.5 cm³/mol. The molecule has 0 aliphatic heterocycles. The van der Waals surface area contributed by atoms with E-state index in [1.165, 1.54) is 0 Å². The fourth-order valence-corrected chi connectivity index (χ4v) is 2.54. The van der Waals surface area contributed by atoms with E-state index in [-0.39, 0.29) is 0 Å². The molecule has 0 saturated heterocycles. The molecule has 0 atom stereocenters. The number of halogens is 1. The van der Waals surface area contributed by atoms with Crippen molar-refractivity contribution in [1.29, 1.82) is 0 Å². The SMILES string of the molecule is O=C(O)C1(c2ccc3c(Cl)cccc3c2)CC1. The Hall–Kier alpha value is -1.54. The number of carbonyl (C=O) groups is 1. The summed E-state index contributed by atoms with van der Waals surface area (Å²) >= 11 is 6.09. The van der Waals surface area contributed by atoms with Gasteiger partial charge in [-0.3, -0.25) is 4.79 Å². The standard InChI is InChI=1S/C14H11ClO2/c15-12-3-1-2-9-8-10(4-5-11(9)12)14(6-7-14)13(16)17/h1-5,8H,6-7H2,(H,16,17). The summed E-state index contributed by atoms with van der Waals surface area (Å²) in [4.78, 5) is 11.3. The van der Waals surface area contributed by atoms with Gasteiger partial charge in [0.1, 0.15) is 0 Å². The van der Waals surface area contributed by atoms with Crippen LogP contribution in [0.4, 0.5) is 0 Å². The second-order valence-electron chi connectivity index (χ2n) is 4.56. The van der Waals surface area contributed by atoms with Crippen molar-refractivity contribution < 1.29 is 9.90 Å². The lowest BCUT2D eigenvalue weighted by molar-refractivity contribution is -0.140. The molecule has 0 amide bonds. The van der Waals surface area contributed by atoms with Gasteiger partial charge in [-0.25, -0.2) is 0 Å². The van der Waals surface area contributed by atoms with Crippen LogP contribution in [0.1, 0.15) is 18.4 Å². The number of fused-ring (bicyclic) bond motifs is 1. The molecule has 1 fully saturated rings. The van der Waals surface area contributed by atoms with Crippen molar-refractivity contribution in [2.45, 2.75) is 18.3 Å². The minimum atomic E-state index is -0.723. The van der Waals surface area contributed by atoms with Crippen LogP contribution in [0.2, 0.25) is 5.02 Å². The Bertz CT molecular complexity index is 615. The number of carboxylic acids is 1. The summed E-state index contributed by atoms with van der Waals surface area (Å²) in [5, 5.41) is 11.9. The van der Waals surface area contributed by atoms with Gasteiger partial charge in [0.05, 0.1) is 5.41 Å². The first kappa shape index (κ1) is 10.6. The van der Waals surface area contributed by atoms with Crippen molar-refractivity contribution in [3.63, 3.8) is 0 Å². The van der Waals surface area contributed by atoms with Gasteiger partial charge in [-0.2, -0.15) is 0 Å². The highest BCUT2D eigenvalue weighted by atomic mass is 35.5. The van der Waals surface area contributed by atoms with Crippen molar-refractivity contribution in [3.05, 3.63) is 47.0 Å². The summed E-state index contributed by atoms with van der Waals surface area (Å²) in [5.74, 6) is -0.723. The molecule has 1 N–H and O–H groups in total. The lowest BCUT2D eigenvalue weighted by Crippen LogP contribution is -2.19. The third-order valence-corrected chi connectivity index (χ3v) is 3.87. The highest BCUT2D eigenvalue weighted by Crippen LogP contribution is 2.49. The summed E-state index contributed by atoms with van der Waals surface area (Å²) < 4.78 is 0. The van der Waals surface area contributed by atoms with Crippen LogP contribution in [0.15, 0.2) is 36.4 Å². The minimum Gasteiger partial charge on any atom is -0.481 e. The molecule has 2 aromatic rings. The molecular formula is C14H11ClO2. The Labute approximate surface area is 104 Å². The molecule has 0 heterocycles. The smallest absolute Gasteiger partial charge is 0.314 e. The maximum absolute atomic E-state index is 11.3. The fraction of sp³-hybridized carbons (Fsp3) is 0.214. The van der Waals surface area contributed by atoms with Gasteiger partial charge < -0.3 is 5.11 Å². The Morgan fingerprint density at radius 3 is 2.65 bits per heavy atom. The quantitative estimate of drug-likeness (QED) is 0.879. The summed E-state index contributed by atoms with van der Waals surface area (Å²) in [7, 11) is 0. The summed E-state index contributed by atoms with van der Waals surface area (Å²) in [6, 6.07) is 11.4. The van der Waals surface area contributed by atoms with Crippen LogP contribution in [0.3, 0.4) is 0 Å². The minimum absolute atomic E-state index is 0.642. The molecule has 0 bridgehead atoms. The lowest BCUT2D eigenvalue weighted by atomic mass is 9.94. The van der Waals surface area contributed by atoms with E-state index in [1.54, 1.807) is 0 Å². The number of hydrogen-bond donors (Lipinski definition) is 1. The van der Waals surface area contributed by atoms with E-state index in [1.807, 2.05) is 36.4 Å². The molecule has 86 valence electrons. The van der Waals surface area contributed by atoms with Crippen molar-refractivity contribution in [1.82, 2.24) is 0 Å². The molecule has 1 aliphatic carbocycles. The molecule has 0 aromatic heterocycles. The van der Waals surface area contributed by atoms with E-state index in [0.29, 0.717) is 5.02 Å². The van der Waals surface area contributed by atoms with Crippen LogP contribution in [0.25, 0.3) is 10.8 Å². The lowest BCUT2D eigenvalue weighted by Gasteiger charge is -2.11. The van der Waals surface area contributed by atoms with Gasteiger partial charge in [0.2, 0.25) is 0 Å². The molecule has 0 spiro atoms. The van der Waals surface area contributed by atoms with Gasteiger partial charge in [-0.05, 0) is 35.9 Å². The van der Waals surface area contributed by atoms with E-state index in [0.717, 1.165) is 29.2 Å². The van der Waals surface area contributed by atoms with Crippen LogP contribution < -0.4 is 0 Å². The van der Waals surface area contributed by atoms with Crippen LogP contribution >= 0.6 is 11.6 Å². The normalized spacial score (nSPS) is 17.0. The molecule has 2 nitrogen and oxygen atoms in total. The molecule has 0 radical (unpaired) electrons.